The molecule has 0 radical (unpaired) electrons. The van der Waals surface area contributed by atoms with Crippen molar-refractivity contribution in [2.75, 3.05) is 31.1 Å². The smallest absolute Gasteiger partial charge is 0.232 e. The van der Waals surface area contributed by atoms with E-state index in [0.29, 0.717) is 29.2 Å². The van der Waals surface area contributed by atoms with Gasteiger partial charge in [0, 0.05) is 49.9 Å². The number of ketones is 1. The van der Waals surface area contributed by atoms with Gasteiger partial charge in [-0.25, -0.2) is 4.98 Å². The lowest BCUT2D eigenvalue weighted by atomic mass is 9.99. The van der Waals surface area contributed by atoms with Gasteiger partial charge >= 0.3 is 0 Å². The summed E-state index contributed by atoms with van der Waals surface area (Å²) in [7, 11) is 0. The number of carbonyl (C=O) groups is 1. The van der Waals surface area contributed by atoms with Gasteiger partial charge in [-0.1, -0.05) is 6.07 Å². The molecule has 1 saturated heterocycles. The van der Waals surface area contributed by atoms with Crippen molar-refractivity contribution in [2.45, 2.75) is 20.4 Å². The summed E-state index contributed by atoms with van der Waals surface area (Å²) in [6.07, 6.45) is 3.63. The molecular weight excluding hydrogens is 422 g/mol. The van der Waals surface area contributed by atoms with Crippen molar-refractivity contribution >= 4 is 29.0 Å². The van der Waals surface area contributed by atoms with Crippen LogP contribution >= 0.6 is 11.3 Å². The number of aromatic nitrogens is 1. The third-order valence-corrected chi connectivity index (χ3v) is 7.08. The summed E-state index contributed by atoms with van der Waals surface area (Å²) in [5.41, 5.74) is 3.08. The maximum absolute atomic E-state index is 13.1. The lowest BCUT2D eigenvalue weighted by Gasteiger charge is -2.35. The fourth-order valence-corrected chi connectivity index (χ4v) is 5.13. The molecular formula is C25H25N3O3S. The molecule has 4 heterocycles. The minimum absolute atomic E-state index is 0.119. The number of phenolic OH excluding ortho intramolecular Hbond substituents is 1. The van der Waals surface area contributed by atoms with E-state index in [2.05, 4.69) is 14.8 Å². The van der Waals surface area contributed by atoms with Gasteiger partial charge in [-0.2, -0.15) is 0 Å². The minimum Gasteiger partial charge on any atom is -0.507 e. The fourth-order valence-electron chi connectivity index (χ4n) is 4.28. The van der Waals surface area contributed by atoms with Crippen LogP contribution in [-0.4, -0.2) is 47.0 Å². The van der Waals surface area contributed by atoms with E-state index in [4.69, 9.17) is 4.74 Å². The molecule has 6 nitrogen and oxygen atoms in total. The molecule has 1 fully saturated rings. The number of allylic oxidation sites excluding steroid dienone is 1. The Balaban J connectivity index is 1.37. The van der Waals surface area contributed by atoms with Crippen molar-refractivity contribution < 1.29 is 14.6 Å². The second-order valence-electron chi connectivity index (χ2n) is 8.25. The van der Waals surface area contributed by atoms with Gasteiger partial charge in [-0.15, -0.1) is 11.3 Å². The number of aromatic hydroxyl groups is 1. The number of rotatable bonds is 4. The number of Topliss-reactive ketones (excluding diaryl/α,β-unsaturated/α-hetero) is 1. The number of thiophene rings is 1. The molecule has 0 aliphatic carbocycles. The highest BCUT2D eigenvalue weighted by atomic mass is 32.1. The number of piperazine rings is 1. The molecule has 0 amide bonds. The van der Waals surface area contributed by atoms with Gasteiger partial charge < -0.3 is 14.7 Å². The number of phenols is 1. The first-order valence-electron chi connectivity index (χ1n) is 10.7. The highest BCUT2D eigenvalue weighted by Gasteiger charge is 2.34. The highest BCUT2D eigenvalue weighted by molar-refractivity contribution is 7.11. The highest BCUT2D eigenvalue weighted by Crippen LogP contribution is 2.42. The predicted octanol–water partition coefficient (Wildman–Crippen LogP) is 4.40. The maximum Gasteiger partial charge on any atom is 0.232 e. The van der Waals surface area contributed by atoms with Gasteiger partial charge in [0.2, 0.25) is 5.78 Å². The molecule has 7 heteroatoms. The predicted molar refractivity (Wildman–Crippen MR) is 127 cm³/mol. The molecule has 0 spiro atoms. The summed E-state index contributed by atoms with van der Waals surface area (Å²) in [6.45, 7) is 7.77. The van der Waals surface area contributed by atoms with Crippen LogP contribution in [0.4, 0.5) is 5.82 Å². The van der Waals surface area contributed by atoms with Gasteiger partial charge in [0.05, 0.1) is 11.1 Å². The van der Waals surface area contributed by atoms with E-state index in [1.54, 1.807) is 17.4 Å². The van der Waals surface area contributed by atoms with Crippen LogP contribution in [0.1, 0.15) is 31.9 Å². The van der Waals surface area contributed by atoms with Crippen molar-refractivity contribution in [1.29, 1.82) is 0 Å². The zero-order valence-corrected chi connectivity index (χ0v) is 19.0. The molecule has 2 aliphatic rings. The number of fused-ring (bicyclic) bond motifs is 1. The Hall–Kier alpha value is -3.16. The second-order valence-corrected chi connectivity index (χ2v) is 9.20. The fraction of sp³-hybridized carbons (Fsp3) is 0.280. The number of ether oxygens (including phenoxy) is 1. The first-order valence-corrected chi connectivity index (χ1v) is 11.6. The van der Waals surface area contributed by atoms with E-state index in [1.807, 2.05) is 55.8 Å². The minimum atomic E-state index is -0.119. The lowest BCUT2D eigenvalue weighted by Crippen LogP contribution is -2.46. The molecule has 1 N–H and O–H groups in total. The van der Waals surface area contributed by atoms with E-state index in [1.165, 1.54) is 0 Å². The molecule has 2 aliphatic heterocycles. The van der Waals surface area contributed by atoms with Gasteiger partial charge in [-0.3, -0.25) is 9.69 Å². The third-order valence-electron chi connectivity index (χ3n) is 6.11. The van der Waals surface area contributed by atoms with Crippen LogP contribution in [0.5, 0.6) is 11.5 Å². The normalized spacial score (nSPS) is 17.6. The number of hydrogen-bond donors (Lipinski definition) is 1. The molecule has 1 aromatic carbocycles. The van der Waals surface area contributed by atoms with Crippen molar-refractivity contribution in [2.24, 2.45) is 0 Å². The van der Waals surface area contributed by atoms with Crippen LogP contribution in [0.15, 0.2) is 47.7 Å². The first-order chi connectivity index (χ1) is 15.5. The molecule has 3 aromatic rings. The van der Waals surface area contributed by atoms with E-state index < -0.39 is 0 Å². The zero-order chi connectivity index (χ0) is 22.2. The van der Waals surface area contributed by atoms with E-state index in [-0.39, 0.29) is 11.5 Å². The van der Waals surface area contributed by atoms with Crippen molar-refractivity contribution in [1.82, 2.24) is 9.88 Å². The summed E-state index contributed by atoms with van der Waals surface area (Å²) >= 11 is 1.58. The standard InChI is InChI=1S/C25H25N3O3S/c1-16-6-12-32-21(16)14-20-24(30)23-17(2)13-19(29)18(25(23)31-20)15-27-8-10-28(11-9-27)22-5-3-4-7-26-22/h3-7,12-14,29H,8-11,15H2,1-2H3/b20-14-. The molecule has 2 aromatic heterocycles. The molecule has 32 heavy (non-hydrogen) atoms. The summed E-state index contributed by atoms with van der Waals surface area (Å²) in [4.78, 5) is 23.1. The summed E-state index contributed by atoms with van der Waals surface area (Å²) in [5.74, 6) is 1.86. The van der Waals surface area contributed by atoms with Gasteiger partial charge in [0.25, 0.3) is 0 Å². The summed E-state index contributed by atoms with van der Waals surface area (Å²) < 4.78 is 6.08. The number of nitrogens with zero attached hydrogens (tertiary/aromatic N) is 3. The number of pyridine rings is 1. The zero-order valence-electron chi connectivity index (χ0n) is 18.2. The topological polar surface area (TPSA) is 65.9 Å². The second kappa shape index (κ2) is 8.41. The van der Waals surface area contributed by atoms with Crippen LogP contribution in [-0.2, 0) is 6.54 Å². The van der Waals surface area contributed by atoms with Gasteiger partial charge in [-0.05, 0) is 54.6 Å². The molecule has 0 atom stereocenters. The van der Waals surface area contributed by atoms with Crippen LogP contribution in [0.3, 0.4) is 0 Å². The third kappa shape index (κ3) is 3.78. The van der Waals surface area contributed by atoms with Crippen LogP contribution in [0.2, 0.25) is 0 Å². The Morgan fingerprint density at radius 1 is 1.16 bits per heavy atom. The number of aryl methyl sites for hydroxylation is 2. The molecule has 0 unspecified atom stereocenters. The summed E-state index contributed by atoms with van der Waals surface area (Å²) in [5, 5.41) is 12.7. The molecule has 164 valence electrons. The summed E-state index contributed by atoms with van der Waals surface area (Å²) in [6, 6.07) is 9.65. The van der Waals surface area contributed by atoms with Crippen LogP contribution in [0.25, 0.3) is 6.08 Å². The Kier molecular flexibility index (Phi) is 5.45. The Labute approximate surface area is 191 Å². The number of hydrogen-bond acceptors (Lipinski definition) is 7. The largest absolute Gasteiger partial charge is 0.507 e. The van der Waals surface area contributed by atoms with Gasteiger partial charge in [0.15, 0.2) is 5.76 Å². The number of anilines is 1. The van der Waals surface area contributed by atoms with Gasteiger partial charge in [0.1, 0.15) is 17.3 Å². The van der Waals surface area contributed by atoms with Crippen LogP contribution < -0.4 is 9.64 Å². The lowest BCUT2D eigenvalue weighted by molar-refractivity contribution is 0.101. The molecule has 0 saturated carbocycles. The quantitative estimate of drug-likeness (QED) is 0.598. The molecule has 0 bridgehead atoms. The first kappa shape index (κ1) is 20.7. The van der Waals surface area contributed by atoms with E-state index in [0.717, 1.165) is 48.0 Å². The van der Waals surface area contributed by atoms with E-state index >= 15 is 0 Å². The number of benzene rings is 1. The van der Waals surface area contributed by atoms with Crippen molar-refractivity contribution in [3.05, 3.63) is 74.8 Å². The van der Waals surface area contributed by atoms with E-state index in [9.17, 15) is 9.90 Å². The Morgan fingerprint density at radius 3 is 2.66 bits per heavy atom. The van der Waals surface area contributed by atoms with Crippen LogP contribution in [0, 0.1) is 13.8 Å². The SMILES string of the molecule is Cc1ccsc1/C=C1\Oc2c(CN3CCN(c4ccccn4)CC3)c(O)cc(C)c2C1=O. The molecule has 5 rings (SSSR count). The average Bonchev–Trinajstić information content (AvgIpc) is 3.35. The van der Waals surface area contributed by atoms with Crippen molar-refractivity contribution in [3.8, 4) is 11.5 Å². The number of carbonyl (C=O) groups excluding carboxylic acids is 1. The maximum atomic E-state index is 13.1. The Morgan fingerprint density at radius 2 is 1.97 bits per heavy atom. The average molecular weight is 448 g/mol. The monoisotopic (exact) mass is 447 g/mol. The van der Waals surface area contributed by atoms with Crippen molar-refractivity contribution in [3.63, 3.8) is 0 Å². The Bertz CT molecular complexity index is 1190.